The maximum Gasteiger partial charge on any atom is 0.267 e. The number of hydrogen-bond acceptors (Lipinski definition) is 1. The Kier molecular flexibility index (Phi) is 3.17. The first-order valence-corrected chi connectivity index (χ1v) is 4.64. The van der Waals surface area contributed by atoms with E-state index in [0.29, 0.717) is 21.9 Å². The molecule has 1 heterocycles. The molecule has 0 aliphatic heterocycles. The summed E-state index contributed by atoms with van der Waals surface area (Å²) in [5.41, 5.74) is 0.466. The lowest BCUT2D eigenvalue weighted by Crippen LogP contribution is -2.22. The number of carbonyl (C=O) groups is 1. The van der Waals surface area contributed by atoms with Crippen molar-refractivity contribution in [2.24, 2.45) is 0 Å². The minimum atomic E-state index is -0.148. The number of carbonyl (C=O) groups excluding carboxylic acids is 1. The molecule has 1 aromatic rings. The van der Waals surface area contributed by atoms with E-state index in [0.717, 1.165) is 0 Å². The third kappa shape index (κ3) is 2.01. The molecule has 0 unspecified atom stereocenters. The van der Waals surface area contributed by atoms with Crippen LogP contribution in [0.1, 0.15) is 17.4 Å². The smallest absolute Gasteiger partial charge is 0.267 e. The molecule has 3 nitrogen and oxygen atoms in total. The fourth-order valence-corrected chi connectivity index (χ4v) is 1.27. The van der Waals surface area contributed by atoms with Crippen LogP contribution in [-0.2, 0) is 0 Å². The van der Waals surface area contributed by atoms with Gasteiger partial charge in [0.2, 0.25) is 0 Å². The van der Waals surface area contributed by atoms with Crippen LogP contribution in [0.3, 0.4) is 0 Å². The number of rotatable bonds is 2. The Bertz CT molecular complexity index is 278. The highest BCUT2D eigenvalue weighted by Gasteiger charge is 2.09. The fourth-order valence-electron chi connectivity index (χ4n) is 0.782. The minimum absolute atomic E-state index is 0.148. The second-order valence-electron chi connectivity index (χ2n) is 2.20. The average Bonchev–Trinajstić information content (AvgIpc) is 2.33. The van der Waals surface area contributed by atoms with Gasteiger partial charge < -0.3 is 10.3 Å². The van der Waals surface area contributed by atoms with Crippen molar-refractivity contribution in [2.75, 3.05) is 6.54 Å². The maximum atomic E-state index is 11.2. The lowest BCUT2D eigenvalue weighted by molar-refractivity contribution is 0.0951. The van der Waals surface area contributed by atoms with Crippen molar-refractivity contribution in [1.82, 2.24) is 10.3 Å². The number of nitrogens with one attached hydrogen (secondary N) is 2. The molecule has 0 fully saturated rings. The summed E-state index contributed by atoms with van der Waals surface area (Å²) in [6, 6.07) is 1.58. The highest BCUT2D eigenvalue weighted by molar-refractivity contribution is 9.10. The second kappa shape index (κ2) is 3.96. The van der Waals surface area contributed by atoms with Crippen LogP contribution < -0.4 is 5.32 Å². The average molecular weight is 252 g/mol. The highest BCUT2D eigenvalue weighted by Crippen LogP contribution is 2.22. The molecule has 1 rings (SSSR count). The van der Waals surface area contributed by atoms with E-state index >= 15 is 0 Å². The van der Waals surface area contributed by atoms with E-state index in [2.05, 4.69) is 26.2 Å². The molecule has 12 heavy (non-hydrogen) atoms. The SMILES string of the molecule is CCNC(=O)c1cc(Cl)c(Br)[nH]1. The molecule has 0 saturated heterocycles. The number of halogens is 2. The summed E-state index contributed by atoms with van der Waals surface area (Å²) < 4.78 is 0.630. The molecular formula is C7H8BrClN2O. The molecule has 2 N–H and O–H groups in total. The third-order valence-corrected chi connectivity index (χ3v) is 2.46. The largest absolute Gasteiger partial charge is 0.351 e. The predicted molar refractivity (Wildman–Crippen MR) is 51.5 cm³/mol. The van der Waals surface area contributed by atoms with Crippen LogP contribution in [0.2, 0.25) is 5.02 Å². The number of amides is 1. The zero-order chi connectivity index (χ0) is 9.14. The van der Waals surface area contributed by atoms with Crippen LogP contribution in [0, 0.1) is 0 Å². The molecule has 0 radical (unpaired) electrons. The van der Waals surface area contributed by atoms with E-state index in [1.807, 2.05) is 6.92 Å². The quantitative estimate of drug-likeness (QED) is 0.831. The van der Waals surface area contributed by atoms with Gasteiger partial charge >= 0.3 is 0 Å². The summed E-state index contributed by atoms with van der Waals surface area (Å²) in [6.07, 6.45) is 0. The van der Waals surface area contributed by atoms with Gasteiger partial charge in [-0.2, -0.15) is 0 Å². The van der Waals surface area contributed by atoms with E-state index in [4.69, 9.17) is 11.6 Å². The zero-order valence-corrected chi connectivity index (χ0v) is 8.79. The molecule has 66 valence electrons. The van der Waals surface area contributed by atoms with E-state index in [9.17, 15) is 4.79 Å². The normalized spacial score (nSPS) is 9.92. The van der Waals surface area contributed by atoms with Crippen LogP contribution in [0.25, 0.3) is 0 Å². The molecule has 0 atom stereocenters. The lowest BCUT2D eigenvalue weighted by Gasteiger charge is -1.96. The number of aromatic nitrogens is 1. The molecular weight excluding hydrogens is 243 g/mol. The van der Waals surface area contributed by atoms with Gasteiger partial charge in [-0.25, -0.2) is 0 Å². The Balaban J connectivity index is 2.82. The Hall–Kier alpha value is -0.480. The van der Waals surface area contributed by atoms with E-state index in [1.54, 1.807) is 6.07 Å². The van der Waals surface area contributed by atoms with Crippen LogP contribution in [0.4, 0.5) is 0 Å². The van der Waals surface area contributed by atoms with Gasteiger partial charge in [0.15, 0.2) is 0 Å². The van der Waals surface area contributed by atoms with E-state index in [-0.39, 0.29) is 5.91 Å². The van der Waals surface area contributed by atoms with Crippen molar-refractivity contribution in [3.05, 3.63) is 21.4 Å². The molecule has 0 aliphatic rings. The van der Waals surface area contributed by atoms with Gasteiger partial charge in [-0.3, -0.25) is 4.79 Å². The number of aromatic amines is 1. The van der Waals surface area contributed by atoms with Crippen molar-refractivity contribution in [3.8, 4) is 0 Å². The van der Waals surface area contributed by atoms with Crippen LogP contribution in [0.5, 0.6) is 0 Å². The molecule has 0 aliphatic carbocycles. The molecule has 0 aromatic carbocycles. The predicted octanol–water partition coefficient (Wildman–Crippen LogP) is 2.18. The number of H-pyrrole nitrogens is 1. The van der Waals surface area contributed by atoms with Crippen molar-refractivity contribution < 1.29 is 4.79 Å². The van der Waals surface area contributed by atoms with Gasteiger partial charge in [0.25, 0.3) is 5.91 Å². The Morgan fingerprint density at radius 1 is 1.83 bits per heavy atom. The van der Waals surface area contributed by atoms with Gasteiger partial charge in [-0.15, -0.1) is 0 Å². The van der Waals surface area contributed by atoms with Crippen LogP contribution in [-0.4, -0.2) is 17.4 Å². The zero-order valence-electron chi connectivity index (χ0n) is 6.45. The third-order valence-electron chi connectivity index (χ3n) is 1.31. The van der Waals surface area contributed by atoms with Crippen molar-refractivity contribution in [2.45, 2.75) is 6.92 Å². The summed E-state index contributed by atoms with van der Waals surface area (Å²) in [5.74, 6) is -0.148. The summed E-state index contributed by atoms with van der Waals surface area (Å²) >= 11 is 8.88. The molecule has 0 spiro atoms. The topological polar surface area (TPSA) is 44.9 Å². The molecule has 1 aromatic heterocycles. The van der Waals surface area contributed by atoms with E-state index < -0.39 is 0 Å². The molecule has 0 saturated carbocycles. The summed E-state index contributed by atoms with van der Waals surface area (Å²) in [4.78, 5) is 14.0. The Morgan fingerprint density at radius 3 is 2.92 bits per heavy atom. The van der Waals surface area contributed by atoms with E-state index in [1.165, 1.54) is 0 Å². The lowest BCUT2D eigenvalue weighted by atomic mass is 10.4. The molecule has 1 amide bonds. The standard InChI is InChI=1S/C7H8BrClN2O/c1-2-10-7(12)5-3-4(9)6(8)11-5/h3,11H,2H2,1H3,(H,10,12). The van der Waals surface area contributed by atoms with Crippen molar-refractivity contribution in [3.63, 3.8) is 0 Å². The Labute approximate surface area is 83.6 Å². The highest BCUT2D eigenvalue weighted by atomic mass is 79.9. The van der Waals surface area contributed by atoms with Gasteiger partial charge in [0.05, 0.1) is 5.02 Å². The van der Waals surface area contributed by atoms with Gasteiger partial charge in [0, 0.05) is 6.54 Å². The van der Waals surface area contributed by atoms with Gasteiger partial charge in [-0.05, 0) is 28.9 Å². The van der Waals surface area contributed by atoms with Crippen LogP contribution >= 0.6 is 27.5 Å². The Morgan fingerprint density at radius 2 is 2.50 bits per heavy atom. The second-order valence-corrected chi connectivity index (χ2v) is 3.40. The molecule has 5 heteroatoms. The molecule has 0 bridgehead atoms. The number of hydrogen-bond donors (Lipinski definition) is 2. The first-order chi connectivity index (χ1) is 5.65. The summed E-state index contributed by atoms with van der Waals surface area (Å²) in [7, 11) is 0. The van der Waals surface area contributed by atoms with Crippen LogP contribution in [0.15, 0.2) is 10.7 Å². The van der Waals surface area contributed by atoms with Gasteiger partial charge in [0.1, 0.15) is 10.3 Å². The van der Waals surface area contributed by atoms with Crippen molar-refractivity contribution in [1.29, 1.82) is 0 Å². The monoisotopic (exact) mass is 250 g/mol. The minimum Gasteiger partial charge on any atom is -0.351 e. The summed E-state index contributed by atoms with van der Waals surface area (Å²) in [6.45, 7) is 2.46. The first-order valence-electron chi connectivity index (χ1n) is 3.47. The maximum absolute atomic E-state index is 11.2. The van der Waals surface area contributed by atoms with Gasteiger partial charge in [-0.1, -0.05) is 11.6 Å². The summed E-state index contributed by atoms with van der Waals surface area (Å²) in [5, 5.41) is 3.16. The first kappa shape index (κ1) is 9.61. The van der Waals surface area contributed by atoms with Crippen molar-refractivity contribution >= 4 is 33.4 Å². The fraction of sp³-hybridized carbons (Fsp3) is 0.286.